The highest BCUT2D eigenvalue weighted by molar-refractivity contribution is 7.91. The Morgan fingerprint density at radius 1 is 1.29 bits per heavy atom. The fourth-order valence-electron chi connectivity index (χ4n) is 2.70. The van der Waals surface area contributed by atoms with Gasteiger partial charge in [-0.3, -0.25) is 0 Å². The molecule has 0 amide bonds. The number of nitrogens with one attached hydrogen (secondary N) is 1. The molecule has 1 aromatic rings. The first-order chi connectivity index (χ1) is 10.1. The van der Waals surface area contributed by atoms with Crippen molar-refractivity contribution in [2.45, 2.75) is 25.8 Å². The number of nitrogens with zero attached hydrogens (tertiary/aromatic N) is 1. The Bertz CT molecular complexity index is 516. The van der Waals surface area contributed by atoms with Crippen molar-refractivity contribution in [3.05, 3.63) is 35.9 Å². The lowest BCUT2D eigenvalue weighted by Gasteiger charge is -2.16. The third-order valence-corrected chi connectivity index (χ3v) is 5.82. The summed E-state index contributed by atoms with van der Waals surface area (Å²) in [5.41, 5.74) is 1.38. The van der Waals surface area contributed by atoms with Gasteiger partial charge in [0.25, 0.3) is 0 Å². The number of rotatable bonds is 8. The van der Waals surface area contributed by atoms with Gasteiger partial charge in [-0.1, -0.05) is 37.3 Å². The molecular formula is C16H26N2O2S. The lowest BCUT2D eigenvalue weighted by molar-refractivity contribution is 0.332. The van der Waals surface area contributed by atoms with Crippen LogP contribution in [0.25, 0.3) is 0 Å². The molecule has 0 aliphatic carbocycles. The molecule has 1 atom stereocenters. The molecule has 1 N–H and O–H groups in total. The van der Waals surface area contributed by atoms with Gasteiger partial charge in [0.05, 0.1) is 5.75 Å². The van der Waals surface area contributed by atoms with Crippen molar-refractivity contribution < 1.29 is 8.42 Å². The summed E-state index contributed by atoms with van der Waals surface area (Å²) in [6.45, 7) is 5.49. The summed E-state index contributed by atoms with van der Waals surface area (Å²) in [4.78, 5) is 2.46. The molecule has 1 heterocycles. The average Bonchev–Trinajstić information content (AvgIpc) is 2.94. The first-order valence-electron chi connectivity index (χ1n) is 7.79. The first-order valence-corrected chi connectivity index (χ1v) is 9.61. The predicted molar refractivity (Wildman–Crippen MR) is 87.3 cm³/mol. The average molecular weight is 310 g/mol. The van der Waals surface area contributed by atoms with Crippen molar-refractivity contribution in [1.82, 2.24) is 10.2 Å². The van der Waals surface area contributed by atoms with Crippen LogP contribution < -0.4 is 5.32 Å². The van der Waals surface area contributed by atoms with Crippen LogP contribution in [0.4, 0.5) is 0 Å². The highest BCUT2D eigenvalue weighted by Gasteiger charge is 2.21. The smallest absolute Gasteiger partial charge is 0.151 e. The van der Waals surface area contributed by atoms with Crippen LogP contribution in [0.3, 0.4) is 0 Å². The summed E-state index contributed by atoms with van der Waals surface area (Å²) in [5, 5.41) is 3.38. The first kappa shape index (κ1) is 16.5. The van der Waals surface area contributed by atoms with Crippen molar-refractivity contribution >= 4 is 9.84 Å². The summed E-state index contributed by atoms with van der Waals surface area (Å²) >= 11 is 0. The van der Waals surface area contributed by atoms with E-state index in [0.717, 1.165) is 32.5 Å². The van der Waals surface area contributed by atoms with E-state index in [1.54, 1.807) is 6.92 Å². The van der Waals surface area contributed by atoms with Gasteiger partial charge in [0.1, 0.15) is 0 Å². The molecule has 1 fully saturated rings. The van der Waals surface area contributed by atoms with E-state index in [9.17, 15) is 8.42 Å². The molecule has 1 aromatic carbocycles. The third kappa shape index (κ3) is 5.77. The maximum absolute atomic E-state index is 11.4. The van der Waals surface area contributed by atoms with Gasteiger partial charge in [0, 0.05) is 31.4 Å². The second-order valence-electron chi connectivity index (χ2n) is 5.71. The maximum atomic E-state index is 11.4. The fourth-order valence-corrected chi connectivity index (χ4v) is 3.41. The van der Waals surface area contributed by atoms with Crippen LogP contribution in [-0.4, -0.2) is 57.0 Å². The largest absolute Gasteiger partial charge is 0.312 e. The molecule has 1 aliphatic rings. The van der Waals surface area contributed by atoms with Crippen molar-refractivity contribution in [3.8, 4) is 0 Å². The van der Waals surface area contributed by atoms with Gasteiger partial charge in [-0.2, -0.15) is 0 Å². The summed E-state index contributed by atoms with van der Waals surface area (Å²) in [6.07, 6.45) is 2.19. The molecule has 118 valence electrons. The van der Waals surface area contributed by atoms with E-state index in [1.807, 2.05) is 6.07 Å². The quantitative estimate of drug-likeness (QED) is 0.787. The van der Waals surface area contributed by atoms with Crippen LogP contribution in [-0.2, 0) is 16.3 Å². The number of hydrogen-bond acceptors (Lipinski definition) is 4. The van der Waals surface area contributed by atoms with Crippen molar-refractivity contribution in [2.75, 3.05) is 37.7 Å². The molecule has 1 unspecified atom stereocenters. The van der Waals surface area contributed by atoms with E-state index in [4.69, 9.17) is 0 Å². The SMILES string of the molecule is CCS(=O)(=O)CCNC1CCN(CCc2ccccc2)C1. The van der Waals surface area contributed by atoms with Crippen LogP contribution in [0.15, 0.2) is 30.3 Å². The highest BCUT2D eigenvalue weighted by Crippen LogP contribution is 2.10. The van der Waals surface area contributed by atoms with Crippen LogP contribution in [0.2, 0.25) is 0 Å². The summed E-state index contributed by atoms with van der Waals surface area (Å²) in [6, 6.07) is 11.0. The minimum atomic E-state index is -2.85. The van der Waals surface area contributed by atoms with Gasteiger partial charge < -0.3 is 10.2 Å². The Labute approximate surface area is 128 Å². The van der Waals surface area contributed by atoms with E-state index in [1.165, 1.54) is 5.56 Å². The molecule has 1 aliphatic heterocycles. The second kappa shape index (κ2) is 7.92. The molecule has 4 nitrogen and oxygen atoms in total. The molecule has 5 heteroatoms. The maximum Gasteiger partial charge on any atom is 0.151 e. The minimum absolute atomic E-state index is 0.239. The van der Waals surface area contributed by atoms with Gasteiger partial charge >= 0.3 is 0 Å². The Morgan fingerprint density at radius 3 is 2.76 bits per heavy atom. The Morgan fingerprint density at radius 2 is 2.05 bits per heavy atom. The molecule has 21 heavy (non-hydrogen) atoms. The molecule has 1 saturated heterocycles. The van der Waals surface area contributed by atoms with Gasteiger partial charge in [-0.05, 0) is 24.9 Å². The molecule has 0 aromatic heterocycles. The fraction of sp³-hybridized carbons (Fsp3) is 0.625. The Balaban J connectivity index is 1.64. The molecule has 0 bridgehead atoms. The number of benzene rings is 1. The number of hydrogen-bond donors (Lipinski definition) is 1. The summed E-state index contributed by atoms with van der Waals surface area (Å²) < 4.78 is 22.9. The molecule has 2 rings (SSSR count). The number of likely N-dealkylation sites (tertiary alicyclic amines) is 1. The van der Waals surface area contributed by atoms with E-state index in [2.05, 4.69) is 34.5 Å². The lowest BCUT2D eigenvalue weighted by atomic mass is 10.1. The topological polar surface area (TPSA) is 49.4 Å². The van der Waals surface area contributed by atoms with E-state index >= 15 is 0 Å². The zero-order chi connectivity index (χ0) is 15.1. The monoisotopic (exact) mass is 310 g/mol. The molecular weight excluding hydrogens is 284 g/mol. The van der Waals surface area contributed by atoms with Crippen LogP contribution in [0.5, 0.6) is 0 Å². The van der Waals surface area contributed by atoms with Crippen molar-refractivity contribution in [1.29, 1.82) is 0 Å². The van der Waals surface area contributed by atoms with E-state index in [0.29, 0.717) is 12.6 Å². The normalized spacial score (nSPS) is 20.0. The molecule has 0 radical (unpaired) electrons. The van der Waals surface area contributed by atoms with Crippen LogP contribution in [0, 0.1) is 0 Å². The highest BCUT2D eigenvalue weighted by atomic mass is 32.2. The van der Waals surface area contributed by atoms with Gasteiger partial charge in [0.15, 0.2) is 9.84 Å². The zero-order valence-corrected chi connectivity index (χ0v) is 13.6. The lowest BCUT2D eigenvalue weighted by Crippen LogP contribution is -2.36. The summed E-state index contributed by atoms with van der Waals surface area (Å²) in [7, 11) is -2.85. The Hall–Kier alpha value is -0.910. The number of sulfone groups is 1. The van der Waals surface area contributed by atoms with Gasteiger partial charge in [-0.15, -0.1) is 0 Å². The van der Waals surface area contributed by atoms with E-state index < -0.39 is 9.84 Å². The van der Waals surface area contributed by atoms with Crippen LogP contribution in [0.1, 0.15) is 18.9 Å². The Kier molecular flexibility index (Phi) is 6.21. The zero-order valence-electron chi connectivity index (χ0n) is 12.8. The van der Waals surface area contributed by atoms with E-state index in [-0.39, 0.29) is 11.5 Å². The van der Waals surface area contributed by atoms with Crippen LogP contribution >= 0.6 is 0 Å². The minimum Gasteiger partial charge on any atom is -0.312 e. The molecule has 0 spiro atoms. The standard InChI is InChI=1S/C16H26N2O2S/c1-2-21(19,20)13-10-17-16-9-12-18(14-16)11-8-15-6-4-3-5-7-15/h3-7,16-17H,2,8-14H2,1H3. The summed E-state index contributed by atoms with van der Waals surface area (Å²) in [5.74, 6) is 0.493. The van der Waals surface area contributed by atoms with Gasteiger partial charge in [-0.25, -0.2) is 8.42 Å². The van der Waals surface area contributed by atoms with Crippen molar-refractivity contribution in [2.24, 2.45) is 0 Å². The van der Waals surface area contributed by atoms with Crippen molar-refractivity contribution in [3.63, 3.8) is 0 Å². The second-order valence-corrected chi connectivity index (χ2v) is 8.19. The molecule has 0 saturated carbocycles. The third-order valence-electron chi connectivity index (χ3n) is 4.12. The predicted octanol–water partition coefficient (Wildman–Crippen LogP) is 1.33. The van der Waals surface area contributed by atoms with Gasteiger partial charge in [0.2, 0.25) is 0 Å².